The Bertz CT molecular complexity index is 441. The number of benzene rings is 1. The topological polar surface area (TPSA) is 0 Å². The Morgan fingerprint density at radius 1 is 1.12 bits per heavy atom. The molecule has 0 saturated heterocycles. The number of hydrogen-bond acceptors (Lipinski definition) is 0. The molecule has 0 unspecified atom stereocenters. The molecule has 1 fully saturated rings. The minimum atomic E-state index is -2.50. The van der Waals surface area contributed by atoms with E-state index in [1.165, 1.54) is 0 Å². The average molecular weight is 277 g/mol. The molecule has 0 atom stereocenters. The van der Waals surface area contributed by atoms with Crippen LogP contribution in [0.3, 0.4) is 0 Å². The molecular weight excluding hydrogens is 265 g/mol. The van der Waals surface area contributed by atoms with Crippen LogP contribution >= 0.6 is 23.2 Å². The van der Waals surface area contributed by atoms with Crippen LogP contribution in [-0.2, 0) is 0 Å². The summed E-state index contributed by atoms with van der Waals surface area (Å²) in [6.45, 7) is 0. The minimum absolute atomic E-state index is 0.0724. The van der Waals surface area contributed by atoms with Crippen molar-refractivity contribution in [3.63, 3.8) is 0 Å². The molecule has 1 aromatic rings. The molecule has 0 bridgehead atoms. The summed E-state index contributed by atoms with van der Waals surface area (Å²) in [4.78, 5) is 0. The first-order valence-corrected chi connectivity index (χ1v) is 6.24. The number of alkyl halides is 2. The van der Waals surface area contributed by atoms with Crippen molar-refractivity contribution in [3.05, 3.63) is 39.4 Å². The summed E-state index contributed by atoms with van der Waals surface area (Å²) in [6, 6.07) is 5.18. The molecule has 4 heteroatoms. The molecule has 0 aliphatic heterocycles. The van der Waals surface area contributed by atoms with E-state index in [0.29, 0.717) is 22.9 Å². The van der Waals surface area contributed by atoms with Crippen LogP contribution in [0.5, 0.6) is 0 Å². The lowest BCUT2D eigenvalue weighted by Crippen LogP contribution is -2.20. The Balaban J connectivity index is 2.17. The van der Waals surface area contributed by atoms with Crippen molar-refractivity contribution < 1.29 is 8.78 Å². The summed E-state index contributed by atoms with van der Waals surface area (Å²) in [5, 5.41) is 1.20. The van der Waals surface area contributed by atoms with Crippen molar-refractivity contribution in [2.75, 3.05) is 0 Å². The van der Waals surface area contributed by atoms with E-state index in [-0.39, 0.29) is 12.8 Å². The van der Waals surface area contributed by atoms with E-state index in [9.17, 15) is 8.78 Å². The van der Waals surface area contributed by atoms with Crippen LogP contribution in [0.15, 0.2) is 23.8 Å². The summed E-state index contributed by atoms with van der Waals surface area (Å²) >= 11 is 11.9. The molecular formula is C13H12Cl2F2. The van der Waals surface area contributed by atoms with Crippen LogP contribution < -0.4 is 0 Å². The van der Waals surface area contributed by atoms with Gasteiger partial charge in [-0.15, -0.1) is 0 Å². The fraction of sp³-hybridized carbons (Fsp3) is 0.385. The SMILES string of the molecule is FC1(F)CCC(=Cc2cc(Cl)ccc2Cl)CC1. The Kier molecular flexibility index (Phi) is 3.74. The van der Waals surface area contributed by atoms with E-state index < -0.39 is 5.92 Å². The van der Waals surface area contributed by atoms with E-state index in [0.717, 1.165) is 11.1 Å². The Morgan fingerprint density at radius 2 is 1.76 bits per heavy atom. The van der Waals surface area contributed by atoms with Gasteiger partial charge in [-0.2, -0.15) is 0 Å². The Hall–Kier alpha value is -0.600. The maximum atomic E-state index is 13.0. The van der Waals surface area contributed by atoms with Gasteiger partial charge in [0.25, 0.3) is 0 Å². The van der Waals surface area contributed by atoms with E-state index in [1.54, 1.807) is 18.2 Å². The van der Waals surface area contributed by atoms with Crippen molar-refractivity contribution >= 4 is 29.3 Å². The third kappa shape index (κ3) is 3.43. The quantitative estimate of drug-likeness (QED) is 0.628. The van der Waals surface area contributed by atoms with Gasteiger partial charge in [-0.3, -0.25) is 0 Å². The molecule has 1 saturated carbocycles. The zero-order valence-electron chi connectivity index (χ0n) is 9.15. The van der Waals surface area contributed by atoms with E-state index in [4.69, 9.17) is 23.2 Å². The highest BCUT2D eigenvalue weighted by Crippen LogP contribution is 2.37. The summed E-state index contributed by atoms with van der Waals surface area (Å²) < 4.78 is 26.0. The molecule has 0 amide bonds. The highest BCUT2D eigenvalue weighted by atomic mass is 35.5. The molecule has 1 aromatic carbocycles. The third-order valence-corrected chi connectivity index (χ3v) is 3.52. The van der Waals surface area contributed by atoms with Crippen LogP contribution in [-0.4, -0.2) is 5.92 Å². The molecule has 0 radical (unpaired) electrons. The predicted molar refractivity (Wildman–Crippen MR) is 67.9 cm³/mol. The maximum Gasteiger partial charge on any atom is 0.248 e. The number of rotatable bonds is 1. The second-order valence-electron chi connectivity index (χ2n) is 4.32. The van der Waals surface area contributed by atoms with Gasteiger partial charge in [0.1, 0.15) is 0 Å². The highest BCUT2D eigenvalue weighted by molar-refractivity contribution is 6.34. The summed E-state index contributed by atoms with van der Waals surface area (Å²) in [5.41, 5.74) is 1.82. The van der Waals surface area contributed by atoms with Crippen molar-refractivity contribution in [2.45, 2.75) is 31.6 Å². The number of allylic oxidation sites excluding steroid dienone is 1. The molecule has 0 aromatic heterocycles. The fourth-order valence-electron chi connectivity index (χ4n) is 1.93. The Labute approximate surface area is 109 Å². The van der Waals surface area contributed by atoms with Gasteiger partial charge in [-0.05, 0) is 36.6 Å². The largest absolute Gasteiger partial charge is 0.248 e. The first-order valence-electron chi connectivity index (χ1n) is 5.49. The van der Waals surface area contributed by atoms with Crippen molar-refractivity contribution in [2.24, 2.45) is 0 Å². The molecule has 1 aliphatic rings. The van der Waals surface area contributed by atoms with Gasteiger partial charge in [-0.1, -0.05) is 34.9 Å². The second-order valence-corrected chi connectivity index (χ2v) is 5.17. The summed E-state index contributed by atoms with van der Waals surface area (Å²) in [6.07, 6.45) is 2.59. The summed E-state index contributed by atoms with van der Waals surface area (Å²) in [5.74, 6) is -2.50. The van der Waals surface area contributed by atoms with Crippen molar-refractivity contribution in [3.8, 4) is 0 Å². The normalized spacial score (nSPS) is 19.2. The van der Waals surface area contributed by atoms with Crippen molar-refractivity contribution in [1.82, 2.24) is 0 Å². The molecule has 0 nitrogen and oxygen atoms in total. The molecule has 1 aliphatic carbocycles. The minimum Gasteiger partial charge on any atom is -0.207 e. The molecule has 17 heavy (non-hydrogen) atoms. The lowest BCUT2D eigenvalue weighted by atomic mass is 9.90. The van der Waals surface area contributed by atoms with Gasteiger partial charge in [0, 0.05) is 22.9 Å². The third-order valence-electron chi connectivity index (χ3n) is 2.94. The first-order chi connectivity index (χ1) is 7.96. The van der Waals surface area contributed by atoms with Gasteiger partial charge in [0.15, 0.2) is 0 Å². The molecule has 0 spiro atoms. The smallest absolute Gasteiger partial charge is 0.207 e. The predicted octanol–water partition coefficient (Wildman–Crippen LogP) is 5.59. The highest BCUT2D eigenvalue weighted by Gasteiger charge is 2.32. The second kappa shape index (κ2) is 4.95. The van der Waals surface area contributed by atoms with Gasteiger partial charge < -0.3 is 0 Å². The van der Waals surface area contributed by atoms with Crippen LogP contribution in [0.25, 0.3) is 6.08 Å². The lowest BCUT2D eigenvalue weighted by Gasteiger charge is -2.23. The standard InChI is InChI=1S/C13H12Cl2F2/c14-11-1-2-12(15)10(8-11)7-9-3-5-13(16,17)6-4-9/h1-2,7-8H,3-6H2. The van der Waals surface area contributed by atoms with Crippen molar-refractivity contribution in [1.29, 1.82) is 0 Å². The summed E-state index contributed by atoms with van der Waals surface area (Å²) in [7, 11) is 0. The monoisotopic (exact) mass is 276 g/mol. The van der Waals surface area contributed by atoms with Crippen LogP contribution in [0.2, 0.25) is 10.0 Å². The van der Waals surface area contributed by atoms with Crippen LogP contribution in [0.4, 0.5) is 8.78 Å². The lowest BCUT2D eigenvalue weighted by molar-refractivity contribution is -0.0243. The van der Waals surface area contributed by atoms with Crippen LogP contribution in [0.1, 0.15) is 31.2 Å². The van der Waals surface area contributed by atoms with Gasteiger partial charge >= 0.3 is 0 Å². The zero-order valence-corrected chi connectivity index (χ0v) is 10.7. The van der Waals surface area contributed by atoms with E-state index in [2.05, 4.69) is 0 Å². The molecule has 2 rings (SSSR count). The molecule has 0 N–H and O–H groups in total. The van der Waals surface area contributed by atoms with Gasteiger partial charge in [0.05, 0.1) is 0 Å². The zero-order chi connectivity index (χ0) is 12.5. The number of halogens is 4. The van der Waals surface area contributed by atoms with E-state index in [1.807, 2.05) is 6.08 Å². The maximum absolute atomic E-state index is 13.0. The fourth-order valence-corrected chi connectivity index (χ4v) is 2.28. The molecule has 92 valence electrons. The first kappa shape index (κ1) is 12.8. The van der Waals surface area contributed by atoms with Gasteiger partial charge in [0.2, 0.25) is 5.92 Å². The van der Waals surface area contributed by atoms with E-state index >= 15 is 0 Å². The van der Waals surface area contributed by atoms with Crippen LogP contribution in [0, 0.1) is 0 Å². The average Bonchev–Trinajstić information content (AvgIpc) is 2.26. The molecule has 0 heterocycles. The number of hydrogen-bond donors (Lipinski definition) is 0. The van der Waals surface area contributed by atoms with Gasteiger partial charge in [-0.25, -0.2) is 8.78 Å². The Morgan fingerprint density at radius 3 is 2.41 bits per heavy atom.